The van der Waals surface area contributed by atoms with Gasteiger partial charge >= 0.3 is 5.97 Å². The molecule has 0 radical (unpaired) electrons. The molecule has 0 spiro atoms. The third kappa shape index (κ3) is 4.30. The van der Waals surface area contributed by atoms with Crippen LogP contribution >= 0.6 is 0 Å². The Morgan fingerprint density at radius 3 is 2.69 bits per heavy atom. The van der Waals surface area contributed by atoms with E-state index in [2.05, 4.69) is 6.92 Å². The normalized spacial score (nSPS) is 20.1. The van der Waals surface area contributed by atoms with Gasteiger partial charge in [0.15, 0.2) is 6.61 Å². The summed E-state index contributed by atoms with van der Waals surface area (Å²) in [7, 11) is 0. The Bertz CT molecular complexity index is 1050. The Hall–Kier alpha value is -3.42. The molecule has 168 valence electrons. The maximum atomic E-state index is 12.8. The lowest BCUT2D eigenvalue weighted by Crippen LogP contribution is -2.38. The van der Waals surface area contributed by atoms with E-state index in [1.807, 2.05) is 36.1 Å². The summed E-state index contributed by atoms with van der Waals surface area (Å²) in [5.74, 6) is -0.610. The molecule has 1 amide bonds. The second-order valence-electron chi connectivity index (χ2n) is 8.68. The molecule has 2 heterocycles. The number of ether oxygens (including phenoxy) is 1. The van der Waals surface area contributed by atoms with E-state index in [0.29, 0.717) is 11.6 Å². The van der Waals surface area contributed by atoms with Gasteiger partial charge in [-0.2, -0.15) is 0 Å². The predicted molar refractivity (Wildman–Crippen MR) is 121 cm³/mol. The molecule has 32 heavy (non-hydrogen) atoms. The van der Waals surface area contributed by atoms with Crippen LogP contribution in [0.2, 0.25) is 0 Å². The first-order valence-electron chi connectivity index (χ1n) is 11.0. The number of fused-ring (bicyclic) bond motifs is 1. The average Bonchev–Trinajstić information content (AvgIpc) is 3.12. The molecule has 8 nitrogen and oxygen atoms in total. The zero-order valence-electron chi connectivity index (χ0n) is 18.3. The Morgan fingerprint density at radius 2 is 1.94 bits per heavy atom. The summed E-state index contributed by atoms with van der Waals surface area (Å²) in [5, 5.41) is 11.7. The molecule has 1 saturated heterocycles. The van der Waals surface area contributed by atoms with Crippen LogP contribution in [0.15, 0.2) is 42.5 Å². The highest BCUT2D eigenvalue weighted by molar-refractivity contribution is 5.99. The van der Waals surface area contributed by atoms with Gasteiger partial charge in [0, 0.05) is 30.9 Å². The largest absolute Gasteiger partial charge is 0.452 e. The van der Waals surface area contributed by atoms with Crippen molar-refractivity contribution in [2.45, 2.75) is 39.2 Å². The fraction of sp³-hybridized carbons (Fsp3) is 0.417. The van der Waals surface area contributed by atoms with E-state index in [0.717, 1.165) is 43.6 Å². The molecule has 0 unspecified atom stereocenters. The molecule has 1 fully saturated rings. The second kappa shape index (κ2) is 8.98. The molecular weight excluding hydrogens is 410 g/mol. The van der Waals surface area contributed by atoms with Gasteiger partial charge in [0.2, 0.25) is 0 Å². The maximum absolute atomic E-state index is 12.8. The van der Waals surface area contributed by atoms with E-state index in [1.54, 1.807) is 11.0 Å². The number of nitrogens with zero attached hydrogens (tertiary/aromatic N) is 3. The van der Waals surface area contributed by atoms with E-state index < -0.39 is 17.5 Å². The van der Waals surface area contributed by atoms with Crippen molar-refractivity contribution in [2.75, 3.05) is 29.5 Å². The van der Waals surface area contributed by atoms with Gasteiger partial charge in [-0.3, -0.25) is 14.9 Å². The van der Waals surface area contributed by atoms with Crippen molar-refractivity contribution in [2.24, 2.45) is 5.92 Å². The fourth-order valence-electron chi connectivity index (χ4n) is 4.70. The van der Waals surface area contributed by atoms with E-state index in [4.69, 9.17) is 4.74 Å². The van der Waals surface area contributed by atoms with Crippen LogP contribution in [0.4, 0.5) is 17.1 Å². The number of hydrogen-bond donors (Lipinski definition) is 0. The van der Waals surface area contributed by atoms with Crippen LogP contribution in [0.5, 0.6) is 0 Å². The molecule has 0 saturated carbocycles. The van der Waals surface area contributed by atoms with E-state index in [9.17, 15) is 19.7 Å². The smallest absolute Gasteiger partial charge is 0.338 e. The number of rotatable bonds is 5. The van der Waals surface area contributed by atoms with Crippen molar-refractivity contribution < 1.29 is 19.2 Å². The molecule has 2 aromatic carbocycles. The third-order valence-electron chi connectivity index (χ3n) is 6.21. The lowest BCUT2D eigenvalue weighted by molar-refractivity contribution is -0.384. The number of esters is 1. The van der Waals surface area contributed by atoms with Gasteiger partial charge in [-0.05, 0) is 55.9 Å². The number of anilines is 2. The standard InChI is InChI=1S/C24H27N3O5/c1-16-6-5-11-25(14-16)21-10-9-19(13-22(21)27(30)31)24(29)32-15-23(28)26-17(2)12-18-7-3-4-8-20(18)26/h3-4,7-10,13,16-17H,5-6,11-12,14-15H2,1-2H3/t16-,17-/m0/s1. The number of hydrogen-bond acceptors (Lipinski definition) is 6. The zero-order valence-corrected chi connectivity index (χ0v) is 18.3. The van der Waals surface area contributed by atoms with Gasteiger partial charge in [0.05, 0.1) is 10.5 Å². The zero-order chi connectivity index (χ0) is 22.8. The molecule has 2 aliphatic heterocycles. The molecule has 8 heteroatoms. The SMILES string of the molecule is C[C@H]1CCCN(c2ccc(C(=O)OCC(=O)N3c4ccccc4C[C@@H]3C)cc2[N+](=O)[O-])C1. The quantitative estimate of drug-likeness (QED) is 0.399. The van der Waals surface area contributed by atoms with Gasteiger partial charge in [0.25, 0.3) is 11.6 Å². The van der Waals surface area contributed by atoms with Gasteiger partial charge in [-0.15, -0.1) is 0 Å². The van der Waals surface area contributed by atoms with Crippen LogP contribution in [0.3, 0.4) is 0 Å². The van der Waals surface area contributed by atoms with Crippen LogP contribution in [0.1, 0.15) is 42.6 Å². The van der Waals surface area contributed by atoms with Crippen LogP contribution in [-0.4, -0.2) is 42.5 Å². The molecule has 2 aromatic rings. The van der Waals surface area contributed by atoms with Gasteiger partial charge in [0.1, 0.15) is 5.69 Å². The minimum atomic E-state index is -0.750. The third-order valence-corrected chi connectivity index (χ3v) is 6.21. The van der Waals surface area contributed by atoms with Crippen molar-refractivity contribution in [1.82, 2.24) is 0 Å². The lowest BCUT2D eigenvalue weighted by atomic mass is 9.99. The number of nitro benzene ring substituents is 1. The first-order chi connectivity index (χ1) is 15.3. The predicted octanol–water partition coefficient (Wildman–Crippen LogP) is 3.97. The van der Waals surface area contributed by atoms with E-state index >= 15 is 0 Å². The highest BCUT2D eigenvalue weighted by Crippen LogP contribution is 2.33. The minimum Gasteiger partial charge on any atom is -0.452 e. The molecule has 0 aliphatic carbocycles. The fourth-order valence-corrected chi connectivity index (χ4v) is 4.70. The first-order valence-corrected chi connectivity index (χ1v) is 11.0. The van der Waals surface area contributed by atoms with Gasteiger partial charge in [-0.25, -0.2) is 4.79 Å². The Morgan fingerprint density at radius 1 is 1.16 bits per heavy atom. The lowest BCUT2D eigenvalue weighted by Gasteiger charge is -2.32. The van der Waals surface area contributed by atoms with Crippen molar-refractivity contribution in [3.05, 3.63) is 63.7 Å². The Kier molecular flexibility index (Phi) is 6.12. The summed E-state index contributed by atoms with van der Waals surface area (Å²) < 4.78 is 5.24. The summed E-state index contributed by atoms with van der Waals surface area (Å²) in [5.41, 5.74) is 2.36. The summed E-state index contributed by atoms with van der Waals surface area (Å²) in [6.07, 6.45) is 2.82. The van der Waals surface area contributed by atoms with Crippen LogP contribution in [0.25, 0.3) is 0 Å². The van der Waals surface area contributed by atoms with E-state index in [-0.39, 0.29) is 23.2 Å². The Labute approximate surface area is 186 Å². The van der Waals surface area contributed by atoms with Crippen LogP contribution in [-0.2, 0) is 16.0 Å². The van der Waals surface area contributed by atoms with Crippen molar-refractivity contribution in [3.63, 3.8) is 0 Å². The summed E-state index contributed by atoms with van der Waals surface area (Å²) in [4.78, 5) is 40.2. The summed E-state index contributed by atoms with van der Waals surface area (Å²) in [6.45, 7) is 5.15. The number of nitro groups is 1. The highest BCUT2D eigenvalue weighted by atomic mass is 16.6. The highest BCUT2D eigenvalue weighted by Gasteiger charge is 2.31. The summed E-state index contributed by atoms with van der Waals surface area (Å²) in [6, 6.07) is 12.0. The number of carbonyl (C=O) groups is 2. The second-order valence-corrected chi connectivity index (χ2v) is 8.68. The molecular formula is C24H27N3O5. The molecule has 2 aliphatic rings. The minimum absolute atomic E-state index is 0.0223. The maximum Gasteiger partial charge on any atom is 0.338 e. The molecule has 0 N–H and O–H groups in total. The van der Waals surface area contributed by atoms with Gasteiger partial charge in [-0.1, -0.05) is 25.1 Å². The Balaban J connectivity index is 1.46. The number of para-hydroxylation sites is 1. The van der Waals surface area contributed by atoms with Crippen molar-refractivity contribution >= 4 is 28.9 Å². The number of piperidine rings is 1. The summed E-state index contributed by atoms with van der Waals surface area (Å²) >= 11 is 0. The first kappa shape index (κ1) is 21.8. The van der Waals surface area contributed by atoms with Crippen LogP contribution in [0, 0.1) is 16.0 Å². The topological polar surface area (TPSA) is 93.0 Å². The number of amides is 1. The van der Waals surface area contributed by atoms with Crippen molar-refractivity contribution in [1.29, 1.82) is 0 Å². The average molecular weight is 437 g/mol. The molecule has 2 atom stereocenters. The van der Waals surface area contributed by atoms with Gasteiger partial charge < -0.3 is 14.5 Å². The van der Waals surface area contributed by atoms with E-state index in [1.165, 1.54) is 12.1 Å². The van der Waals surface area contributed by atoms with Crippen LogP contribution < -0.4 is 9.80 Å². The number of carbonyl (C=O) groups excluding carboxylic acids is 2. The number of benzene rings is 2. The van der Waals surface area contributed by atoms with Crippen molar-refractivity contribution in [3.8, 4) is 0 Å². The monoisotopic (exact) mass is 437 g/mol. The molecule has 0 aromatic heterocycles. The molecule has 4 rings (SSSR count). The molecule has 0 bridgehead atoms.